The van der Waals surface area contributed by atoms with Crippen molar-refractivity contribution in [2.75, 3.05) is 19.0 Å². The molecule has 0 atom stereocenters. The lowest BCUT2D eigenvalue weighted by Crippen LogP contribution is -2.07. The first-order valence-electron chi connectivity index (χ1n) is 5.61. The summed E-state index contributed by atoms with van der Waals surface area (Å²) >= 11 is 2.36. The van der Waals surface area contributed by atoms with Gasteiger partial charge in [-0.2, -0.15) is 18.4 Å². The third-order valence-corrected chi connectivity index (χ3v) is 4.53. The summed E-state index contributed by atoms with van der Waals surface area (Å²) in [6.45, 7) is 0. The fourth-order valence-corrected chi connectivity index (χ4v) is 3.22. The van der Waals surface area contributed by atoms with E-state index in [2.05, 4.69) is 10.2 Å². The molecule has 0 unspecified atom stereocenters. The van der Waals surface area contributed by atoms with Crippen molar-refractivity contribution in [3.05, 3.63) is 29.3 Å². The molecule has 1 aromatic heterocycles. The second-order valence-corrected chi connectivity index (χ2v) is 6.44. The summed E-state index contributed by atoms with van der Waals surface area (Å²) in [4.78, 5) is 2.13. The molecule has 110 valence electrons. The van der Waals surface area contributed by atoms with Crippen LogP contribution in [-0.4, -0.2) is 24.3 Å². The van der Waals surface area contributed by atoms with Crippen molar-refractivity contribution >= 4 is 28.2 Å². The topological polar surface area (TPSA) is 52.8 Å². The highest BCUT2D eigenvalue weighted by Gasteiger charge is 2.33. The van der Waals surface area contributed by atoms with Crippen LogP contribution in [0, 0.1) is 11.3 Å². The van der Waals surface area contributed by atoms with Gasteiger partial charge in [-0.15, -0.1) is 10.2 Å². The summed E-state index contributed by atoms with van der Waals surface area (Å²) in [5.41, 5.74) is -1.33. The number of alkyl halides is 3. The van der Waals surface area contributed by atoms with E-state index in [1.165, 1.54) is 23.5 Å². The van der Waals surface area contributed by atoms with Crippen molar-refractivity contribution in [2.45, 2.75) is 15.4 Å². The summed E-state index contributed by atoms with van der Waals surface area (Å²) in [5.74, 6) is 0. The van der Waals surface area contributed by atoms with E-state index in [-0.39, 0.29) is 0 Å². The minimum Gasteiger partial charge on any atom is -0.353 e. The van der Waals surface area contributed by atoms with Crippen LogP contribution in [0.25, 0.3) is 0 Å². The average molecular weight is 330 g/mol. The molecule has 2 aromatic rings. The van der Waals surface area contributed by atoms with Crippen LogP contribution in [0.4, 0.5) is 18.3 Å². The third kappa shape index (κ3) is 3.65. The maximum absolute atomic E-state index is 12.9. The fraction of sp³-hybridized carbons (Fsp3) is 0.250. The maximum atomic E-state index is 12.9. The minimum absolute atomic E-state index is 0.364. The van der Waals surface area contributed by atoms with Crippen LogP contribution < -0.4 is 4.90 Å². The van der Waals surface area contributed by atoms with Crippen molar-refractivity contribution in [2.24, 2.45) is 0 Å². The Hall–Kier alpha value is -1.79. The molecule has 0 saturated heterocycles. The van der Waals surface area contributed by atoms with E-state index in [1.807, 2.05) is 0 Å². The number of rotatable bonds is 3. The molecule has 0 amide bonds. The first-order chi connectivity index (χ1) is 9.81. The summed E-state index contributed by atoms with van der Waals surface area (Å²) < 4.78 is 39.2. The normalized spacial score (nSPS) is 11.2. The van der Waals surface area contributed by atoms with Gasteiger partial charge in [-0.3, -0.25) is 0 Å². The van der Waals surface area contributed by atoms with E-state index in [0.717, 1.165) is 17.8 Å². The van der Waals surface area contributed by atoms with E-state index in [1.54, 1.807) is 25.1 Å². The van der Waals surface area contributed by atoms with Gasteiger partial charge in [-0.05, 0) is 18.2 Å². The zero-order valence-corrected chi connectivity index (χ0v) is 12.6. The molecule has 0 N–H and O–H groups in total. The van der Waals surface area contributed by atoms with Crippen molar-refractivity contribution in [1.29, 1.82) is 5.26 Å². The second-order valence-electron chi connectivity index (χ2n) is 4.16. The van der Waals surface area contributed by atoms with Crippen LogP contribution in [0.1, 0.15) is 11.1 Å². The van der Waals surface area contributed by atoms with Gasteiger partial charge in [0.25, 0.3) is 0 Å². The summed E-state index contributed by atoms with van der Waals surface area (Å²) in [7, 11) is 3.61. The summed E-state index contributed by atoms with van der Waals surface area (Å²) in [5, 5.41) is 17.2. The van der Waals surface area contributed by atoms with Crippen LogP contribution in [0.3, 0.4) is 0 Å². The van der Waals surface area contributed by atoms with Crippen LogP contribution in [0.2, 0.25) is 0 Å². The molecule has 0 fully saturated rings. The van der Waals surface area contributed by atoms with Crippen molar-refractivity contribution in [3.63, 3.8) is 0 Å². The number of hydrogen-bond acceptors (Lipinski definition) is 6. The molecule has 0 aliphatic rings. The number of halogens is 3. The molecule has 0 bridgehead atoms. The lowest BCUT2D eigenvalue weighted by molar-refractivity contribution is -0.137. The fourth-order valence-electron chi connectivity index (χ4n) is 1.44. The van der Waals surface area contributed by atoms with Crippen molar-refractivity contribution in [3.8, 4) is 6.07 Å². The van der Waals surface area contributed by atoms with E-state index >= 15 is 0 Å². The molecular formula is C12H9F3N4S2. The van der Waals surface area contributed by atoms with Crippen molar-refractivity contribution in [1.82, 2.24) is 10.2 Å². The molecule has 1 heterocycles. The standard InChI is InChI=1S/C12H9F3N4S2/c1-19(2)10-17-18-11(21-10)20-8-4-3-7(6-16)9(5-8)12(13,14)15/h3-5H,1-2H3. The van der Waals surface area contributed by atoms with Crippen LogP contribution in [0.5, 0.6) is 0 Å². The number of benzene rings is 1. The summed E-state index contributed by atoms with van der Waals surface area (Å²) in [6.07, 6.45) is -4.56. The van der Waals surface area contributed by atoms with Gasteiger partial charge in [-0.25, -0.2) is 0 Å². The molecule has 0 aliphatic carbocycles. The van der Waals surface area contributed by atoms with E-state index < -0.39 is 17.3 Å². The first kappa shape index (κ1) is 15.6. The number of hydrogen-bond donors (Lipinski definition) is 0. The predicted molar refractivity (Wildman–Crippen MR) is 74.5 cm³/mol. The Labute approximate surface area is 127 Å². The van der Waals surface area contributed by atoms with Crippen molar-refractivity contribution < 1.29 is 13.2 Å². The molecule has 9 heteroatoms. The second kappa shape index (κ2) is 5.91. The van der Waals surface area contributed by atoms with Crippen LogP contribution in [0.15, 0.2) is 27.4 Å². The third-order valence-electron chi connectivity index (χ3n) is 2.40. The molecule has 0 aliphatic heterocycles. The van der Waals surface area contributed by atoms with Gasteiger partial charge >= 0.3 is 6.18 Å². The average Bonchev–Trinajstić information content (AvgIpc) is 2.86. The number of nitrogens with zero attached hydrogens (tertiary/aromatic N) is 4. The molecular weight excluding hydrogens is 321 g/mol. The number of nitriles is 1. The van der Waals surface area contributed by atoms with E-state index in [0.29, 0.717) is 14.4 Å². The molecule has 0 spiro atoms. The quantitative estimate of drug-likeness (QED) is 0.860. The lowest BCUT2D eigenvalue weighted by atomic mass is 10.1. The zero-order chi connectivity index (χ0) is 15.6. The SMILES string of the molecule is CN(C)c1nnc(Sc2ccc(C#N)c(C(F)(F)F)c2)s1. The van der Waals surface area contributed by atoms with Gasteiger partial charge in [0.1, 0.15) is 0 Å². The van der Waals surface area contributed by atoms with Crippen LogP contribution >= 0.6 is 23.1 Å². The molecule has 0 radical (unpaired) electrons. The molecule has 21 heavy (non-hydrogen) atoms. The highest BCUT2D eigenvalue weighted by Crippen LogP contribution is 2.37. The van der Waals surface area contributed by atoms with E-state index in [4.69, 9.17) is 5.26 Å². The highest BCUT2D eigenvalue weighted by atomic mass is 32.2. The minimum atomic E-state index is -4.56. The molecule has 0 saturated carbocycles. The molecule has 1 aromatic carbocycles. The number of anilines is 1. The number of aromatic nitrogens is 2. The Balaban J connectivity index is 2.31. The molecule has 4 nitrogen and oxygen atoms in total. The van der Waals surface area contributed by atoms with Gasteiger partial charge in [0.05, 0.1) is 17.2 Å². The lowest BCUT2D eigenvalue weighted by Gasteiger charge is -2.09. The maximum Gasteiger partial charge on any atom is 0.417 e. The zero-order valence-electron chi connectivity index (χ0n) is 11.0. The van der Waals surface area contributed by atoms with E-state index in [9.17, 15) is 13.2 Å². The Morgan fingerprint density at radius 1 is 1.29 bits per heavy atom. The van der Waals surface area contributed by atoms with Gasteiger partial charge < -0.3 is 4.90 Å². The monoisotopic (exact) mass is 330 g/mol. The smallest absolute Gasteiger partial charge is 0.353 e. The van der Waals surface area contributed by atoms with Gasteiger partial charge in [-0.1, -0.05) is 23.1 Å². The first-order valence-corrected chi connectivity index (χ1v) is 7.24. The Bertz CT molecular complexity index is 689. The van der Waals surface area contributed by atoms with Gasteiger partial charge in [0.15, 0.2) is 4.34 Å². The van der Waals surface area contributed by atoms with Gasteiger partial charge in [0, 0.05) is 19.0 Å². The Kier molecular flexibility index (Phi) is 4.39. The largest absolute Gasteiger partial charge is 0.417 e. The Morgan fingerprint density at radius 2 is 2.00 bits per heavy atom. The summed E-state index contributed by atoms with van der Waals surface area (Å²) in [6, 6.07) is 5.14. The van der Waals surface area contributed by atoms with Gasteiger partial charge in [0.2, 0.25) is 5.13 Å². The molecule has 2 rings (SSSR count). The highest BCUT2D eigenvalue weighted by molar-refractivity contribution is 8.01. The van der Waals surface area contributed by atoms with Crippen LogP contribution in [-0.2, 0) is 6.18 Å². The predicted octanol–water partition coefficient (Wildman–Crippen LogP) is 3.65. The Morgan fingerprint density at radius 3 is 2.52 bits per heavy atom.